The molecule has 0 saturated heterocycles. The number of hydrogen-bond acceptors (Lipinski definition) is 2. The molecule has 0 aliphatic carbocycles. The van der Waals surface area contributed by atoms with Crippen LogP contribution in [-0.4, -0.2) is 19.8 Å². The third-order valence-corrected chi connectivity index (χ3v) is 3.17. The Labute approximate surface area is 112 Å². The predicted molar refractivity (Wildman–Crippen MR) is 78.2 cm³/mol. The van der Waals surface area contributed by atoms with E-state index in [0.717, 1.165) is 26.2 Å². The van der Waals surface area contributed by atoms with Crippen molar-refractivity contribution in [3.63, 3.8) is 0 Å². The van der Waals surface area contributed by atoms with E-state index in [4.69, 9.17) is 4.74 Å². The molecule has 0 aliphatic heterocycles. The molecule has 0 spiro atoms. The Morgan fingerprint density at radius 3 is 2.22 bits per heavy atom. The largest absolute Gasteiger partial charge is 0.379 e. The third-order valence-electron chi connectivity index (χ3n) is 3.17. The summed E-state index contributed by atoms with van der Waals surface area (Å²) in [7, 11) is 0. The Morgan fingerprint density at radius 1 is 1.11 bits per heavy atom. The Bertz CT molecular complexity index is 350. The van der Waals surface area contributed by atoms with Gasteiger partial charge in [-0.3, -0.25) is 0 Å². The minimum atomic E-state index is 0.308. The van der Waals surface area contributed by atoms with Gasteiger partial charge in [0.25, 0.3) is 0 Å². The Hall–Kier alpha value is -0.860. The molecule has 1 aromatic carbocycles. The number of aryl methyl sites for hydroxylation is 3. The van der Waals surface area contributed by atoms with Crippen LogP contribution in [0, 0.1) is 20.8 Å². The number of nitrogens with one attached hydrogen (secondary N) is 1. The van der Waals surface area contributed by atoms with Gasteiger partial charge in [-0.2, -0.15) is 0 Å². The summed E-state index contributed by atoms with van der Waals surface area (Å²) < 4.78 is 5.73. The molecule has 102 valence electrons. The van der Waals surface area contributed by atoms with E-state index >= 15 is 0 Å². The maximum Gasteiger partial charge on any atom is 0.0661 e. The van der Waals surface area contributed by atoms with Crippen LogP contribution in [0.1, 0.15) is 48.6 Å². The Kier molecular flexibility index (Phi) is 6.37. The van der Waals surface area contributed by atoms with E-state index in [9.17, 15) is 0 Å². The van der Waals surface area contributed by atoms with Crippen LogP contribution in [0.15, 0.2) is 12.1 Å². The lowest BCUT2D eigenvalue weighted by Gasteiger charge is -2.23. The summed E-state index contributed by atoms with van der Waals surface area (Å²) >= 11 is 0. The lowest BCUT2D eigenvalue weighted by atomic mass is 9.94. The summed E-state index contributed by atoms with van der Waals surface area (Å²) in [6.45, 7) is 13.4. The third kappa shape index (κ3) is 4.11. The first kappa shape index (κ1) is 15.2. The van der Waals surface area contributed by atoms with Crippen molar-refractivity contribution in [1.82, 2.24) is 5.32 Å². The monoisotopic (exact) mass is 249 g/mol. The van der Waals surface area contributed by atoms with Gasteiger partial charge in [-0.25, -0.2) is 0 Å². The van der Waals surface area contributed by atoms with Crippen LogP contribution in [0.4, 0.5) is 0 Å². The van der Waals surface area contributed by atoms with Gasteiger partial charge in [0.05, 0.1) is 12.6 Å². The zero-order valence-corrected chi connectivity index (χ0v) is 12.5. The van der Waals surface area contributed by atoms with Crippen LogP contribution in [0.25, 0.3) is 0 Å². The van der Waals surface area contributed by atoms with E-state index in [1.165, 1.54) is 22.3 Å². The lowest BCUT2D eigenvalue weighted by Crippen LogP contribution is -2.27. The smallest absolute Gasteiger partial charge is 0.0661 e. The molecule has 1 aromatic rings. The van der Waals surface area contributed by atoms with Crippen molar-refractivity contribution in [3.8, 4) is 0 Å². The van der Waals surface area contributed by atoms with E-state index in [2.05, 4.69) is 52.1 Å². The summed E-state index contributed by atoms with van der Waals surface area (Å²) in [6.07, 6.45) is 1.07. The second-order valence-electron chi connectivity index (χ2n) is 5.00. The second-order valence-corrected chi connectivity index (χ2v) is 5.00. The van der Waals surface area contributed by atoms with Crippen LogP contribution >= 0.6 is 0 Å². The SMILES string of the molecule is CCCOCC(NCC)c1c(C)cc(C)cc1C. The normalized spacial score (nSPS) is 12.7. The first-order chi connectivity index (χ1) is 8.60. The maximum absolute atomic E-state index is 5.73. The fourth-order valence-corrected chi connectivity index (χ4v) is 2.58. The van der Waals surface area contributed by atoms with Crippen LogP contribution in [0.3, 0.4) is 0 Å². The van der Waals surface area contributed by atoms with Gasteiger partial charge in [-0.1, -0.05) is 31.5 Å². The average molecular weight is 249 g/mol. The van der Waals surface area contributed by atoms with Crippen molar-refractivity contribution in [1.29, 1.82) is 0 Å². The number of hydrogen-bond donors (Lipinski definition) is 1. The molecule has 0 radical (unpaired) electrons. The van der Waals surface area contributed by atoms with E-state index in [1.807, 2.05) is 0 Å². The molecule has 0 aromatic heterocycles. The summed E-state index contributed by atoms with van der Waals surface area (Å²) in [4.78, 5) is 0. The molecular formula is C16H27NO. The van der Waals surface area contributed by atoms with Crippen LogP contribution in [0.5, 0.6) is 0 Å². The molecule has 2 nitrogen and oxygen atoms in total. The molecule has 1 N–H and O–H groups in total. The van der Waals surface area contributed by atoms with Gasteiger partial charge >= 0.3 is 0 Å². The summed E-state index contributed by atoms with van der Waals surface area (Å²) in [5.41, 5.74) is 5.45. The highest BCUT2D eigenvalue weighted by molar-refractivity contribution is 5.39. The molecule has 0 aliphatic rings. The van der Waals surface area contributed by atoms with Gasteiger partial charge in [-0.15, -0.1) is 0 Å². The molecule has 1 atom stereocenters. The number of rotatable bonds is 7. The molecule has 2 heteroatoms. The highest BCUT2D eigenvalue weighted by Crippen LogP contribution is 2.24. The molecular weight excluding hydrogens is 222 g/mol. The van der Waals surface area contributed by atoms with Crippen molar-refractivity contribution in [3.05, 3.63) is 34.4 Å². The highest BCUT2D eigenvalue weighted by Gasteiger charge is 2.15. The first-order valence-electron chi connectivity index (χ1n) is 6.99. The maximum atomic E-state index is 5.73. The second kappa shape index (κ2) is 7.55. The topological polar surface area (TPSA) is 21.3 Å². The van der Waals surface area contributed by atoms with Crippen LogP contribution in [0.2, 0.25) is 0 Å². The lowest BCUT2D eigenvalue weighted by molar-refractivity contribution is 0.112. The standard InChI is InChI=1S/C16H27NO/c1-6-8-18-11-15(17-7-2)16-13(4)9-12(3)10-14(16)5/h9-10,15,17H,6-8,11H2,1-5H3. The van der Waals surface area contributed by atoms with Crippen molar-refractivity contribution in [2.45, 2.75) is 47.1 Å². The van der Waals surface area contributed by atoms with Gasteiger partial charge in [0.1, 0.15) is 0 Å². The van der Waals surface area contributed by atoms with Gasteiger partial charge in [0, 0.05) is 6.61 Å². The first-order valence-corrected chi connectivity index (χ1v) is 6.99. The zero-order valence-electron chi connectivity index (χ0n) is 12.5. The Morgan fingerprint density at radius 2 is 1.72 bits per heavy atom. The molecule has 0 saturated carbocycles. The molecule has 0 fully saturated rings. The van der Waals surface area contributed by atoms with Gasteiger partial charge in [0.2, 0.25) is 0 Å². The summed E-state index contributed by atoms with van der Waals surface area (Å²) in [6, 6.07) is 4.82. The van der Waals surface area contributed by atoms with E-state index in [1.54, 1.807) is 0 Å². The number of benzene rings is 1. The summed E-state index contributed by atoms with van der Waals surface area (Å²) in [5, 5.41) is 3.53. The fraction of sp³-hybridized carbons (Fsp3) is 0.625. The number of likely N-dealkylation sites (N-methyl/N-ethyl adjacent to an activating group) is 1. The number of ether oxygens (including phenoxy) is 1. The van der Waals surface area contributed by atoms with Gasteiger partial charge in [-0.05, 0) is 50.4 Å². The molecule has 0 heterocycles. The van der Waals surface area contributed by atoms with Gasteiger partial charge < -0.3 is 10.1 Å². The van der Waals surface area contributed by atoms with E-state index < -0.39 is 0 Å². The molecule has 0 amide bonds. The molecule has 0 bridgehead atoms. The summed E-state index contributed by atoms with van der Waals surface area (Å²) in [5.74, 6) is 0. The quantitative estimate of drug-likeness (QED) is 0.744. The average Bonchev–Trinajstić information content (AvgIpc) is 2.28. The minimum absolute atomic E-state index is 0.308. The predicted octanol–water partition coefficient (Wildman–Crippen LogP) is 3.69. The van der Waals surface area contributed by atoms with Crippen molar-refractivity contribution >= 4 is 0 Å². The van der Waals surface area contributed by atoms with E-state index in [-0.39, 0.29) is 0 Å². The van der Waals surface area contributed by atoms with Crippen molar-refractivity contribution < 1.29 is 4.74 Å². The van der Waals surface area contributed by atoms with Crippen molar-refractivity contribution in [2.75, 3.05) is 19.8 Å². The van der Waals surface area contributed by atoms with Gasteiger partial charge in [0.15, 0.2) is 0 Å². The fourth-order valence-electron chi connectivity index (χ4n) is 2.58. The van der Waals surface area contributed by atoms with Crippen molar-refractivity contribution in [2.24, 2.45) is 0 Å². The molecule has 1 rings (SSSR count). The van der Waals surface area contributed by atoms with Crippen LogP contribution in [-0.2, 0) is 4.74 Å². The Balaban J connectivity index is 2.90. The van der Waals surface area contributed by atoms with E-state index in [0.29, 0.717) is 6.04 Å². The minimum Gasteiger partial charge on any atom is -0.379 e. The van der Waals surface area contributed by atoms with Crippen LogP contribution < -0.4 is 5.32 Å². The molecule has 18 heavy (non-hydrogen) atoms. The zero-order chi connectivity index (χ0) is 13.5. The highest BCUT2D eigenvalue weighted by atomic mass is 16.5. The molecule has 1 unspecified atom stereocenters.